The number of nitrogens with zero attached hydrogens (tertiary/aromatic N) is 2. The van der Waals surface area contributed by atoms with Crippen molar-refractivity contribution in [3.8, 4) is 0 Å². The van der Waals surface area contributed by atoms with Gasteiger partial charge in [0.15, 0.2) is 0 Å². The number of halogens is 5. The first-order valence-corrected chi connectivity index (χ1v) is 13.3. The van der Waals surface area contributed by atoms with E-state index in [0.29, 0.717) is 29.3 Å². The minimum absolute atomic E-state index is 0.182. The molecule has 2 aromatic rings. The molecule has 1 unspecified atom stereocenters. The van der Waals surface area contributed by atoms with Gasteiger partial charge in [0, 0.05) is 35.5 Å². The molecular formula is C29H33Cl2F3N2O2. The molecule has 0 bridgehead atoms. The Bertz CT molecular complexity index is 1160. The van der Waals surface area contributed by atoms with E-state index in [0.717, 1.165) is 23.0 Å². The zero-order chi connectivity index (χ0) is 28.3. The van der Waals surface area contributed by atoms with E-state index in [4.69, 9.17) is 23.2 Å². The highest BCUT2D eigenvalue weighted by Crippen LogP contribution is 2.52. The van der Waals surface area contributed by atoms with Crippen molar-refractivity contribution >= 4 is 35.0 Å². The van der Waals surface area contributed by atoms with Crippen molar-refractivity contribution in [2.75, 3.05) is 13.1 Å². The fourth-order valence-corrected chi connectivity index (χ4v) is 5.80. The van der Waals surface area contributed by atoms with Gasteiger partial charge in [0.25, 0.3) is 0 Å². The summed E-state index contributed by atoms with van der Waals surface area (Å²) in [6.07, 6.45) is -1.64. The first-order valence-electron chi connectivity index (χ1n) is 12.6. The molecule has 1 saturated heterocycles. The number of alkyl halides is 3. The average Bonchev–Trinajstić information content (AvgIpc) is 2.83. The summed E-state index contributed by atoms with van der Waals surface area (Å²) < 4.78 is 40.1. The lowest BCUT2D eigenvalue weighted by atomic mass is 9.67. The van der Waals surface area contributed by atoms with Crippen LogP contribution in [0.5, 0.6) is 0 Å². The zero-order valence-electron chi connectivity index (χ0n) is 21.8. The molecule has 1 heterocycles. The molecule has 4 nitrogen and oxygen atoms in total. The van der Waals surface area contributed by atoms with Crippen LogP contribution in [0.3, 0.4) is 0 Å². The second-order valence-corrected chi connectivity index (χ2v) is 11.1. The molecule has 206 valence electrons. The highest BCUT2D eigenvalue weighted by atomic mass is 35.5. The summed E-state index contributed by atoms with van der Waals surface area (Å²) in [4.78, 5) is 29.0. The lowest BCUT2D eigenvalue weighted by molar-refractivity contribution is -0.166. The second kappa shape index (κ2) is 12.1. The Kier molecular flexibility index (Phi) is 9.58. The lowest BCUT2D eigenvalue weighted by Gasteiger charge is -2.52. The highest BCUT2D eigenvalue weighted by molar-refractivity contribution is 6.30. The largest absolute Gasteiger partial charge is 0.406 e. The Balaban J connectivity index is 2.20. The van der Waals surface area contributed by atoms with Crippen LogP contribution in [0.4, 0.5) is 13.2 Å². The van der Waals surface area contributed by atoms with Gasteiger partial charge in [-0.25, -0.2) is 0 Å². The van der Waals surface area contributed by atoms with Gasteiger partial charge in [-0.2, -0.15) is 13.2 Å². The Hall–Kier alpha value is -2.51. The monoisotopic (exact) mass is 568 g/mol. The van der Waals surface area contributed by atoms with Gasteiger partial charge < -0.3 is 9.80 Å². The summed E-state index contributed by atoms with van der Waals surface area (Å²) in [5.74, 6) is -1.11. The van der Waals surface area contributed by atoms with Crippen LogP contribution in [-0.4, -0.2) is 46.9 Å². The van der Waals surface area contributed by atoms with Gasteiger partial charge in [-0.1, -0.05) is 67.4 Å². The number of hydrogen-bond acceptors (Lipinski definition) is 2. The number of benzene rings is 2. The fourth-order valence-electron chi connectivity index (χ4n) is 5.48. The van der Waals surface area contributed by atoms with E-state index in [-0.39, 0.29) is 18.4 Å². The SMILES string of the molecule is C=CC[C@@]1(C)CC(c2cccc(Cl)c2)[C@@H](c2ccc(Cl)cc2)N([C@@H](CC)CN(CC(F)(F)F)C(C)=O)C1=O. The molecule has 9 heteroatoms. The smallest absolute Gasteiger partial charge is 0.332 e. The predicted molar refractivity (Wildman–Crippen MR) is 145 cm³/mol. The number of allylic oxidation sites excluding steroid dienone is 1. The first-order chi connectivity index (χ1) is 17.8. The third kappa shape index (κ3) is 6.92. The molecule has 0 N–H and O–H groups in total. The van der Waals surface area contributed by atoms with Gasteiger partial charge in [-0.05, 0) is 54.7 Å². The molecule has 1 aliphatic heterocycles. The molecule has 0 spiro atoms. The standard InChI is InChI=1S/C29H33Cl2F3N2O2/c1-5-14-28(4)16-25(21-8-7-9-23(31)15-21)26(20-10-12-22(30)13-11-20)36(27(28)38)24(6-2)17-35(19(3)37)18-29(32,33)34/h5,7-13,15,24-26H,1,6,14,16-18H2,2-4H3/t24-,25?,26+,28-/m0/s1. The van der Waals surface area contributed by atoms with Gasteiger partial charge in [0.05, 0.1) is 11.5 Å². The number of carbonyl (C=O) groups is 2. The van der Waals surface area contributed by atoms with Crippen molar-refractivity contribution in [2.24, 2.45) is 5.41 Å². The van der Waals surface area contributed by atoms with Crippen molar-refractivity contribution < 1.29 is 22.8 Å². The fraction of sp³-hybridized carbons (Fsp3) is 0.448. The molecule has 0 radical (unpaired) electrons. The summed E-state index contributed by atoms with van der Waals surface area (Å²) >= 11 is 12.5. The van der Waals surface area contributed by atoms with Crippen molar-refractivity contribution in [3.63, 3.8) is 0 Å². The maximum absolute atomic E-state index is 14.3. The van der Waals surface area contributed by atoms with Gasteiger partial charge in [0.1, 0.15) is 6.54 Å². The van der Waals surface area contributed by atoms with Crippen LogP contribution in [-0.2, 0) is 9.59 Å². The van der Waals surface area contributed by atoms with E-state index >= 15 is 0 Å². The summed E-state index contributed by atoms with van der Waals surface area (Å²) in [5, 5.41) is 1.07. The number of amides is 2. The van der Waals surface area contributed by atoms with Crippen molar-refractivity contribution in [2.45, 2.75) is 64.2 Å². The van der Waals surface area contributed by atoms with Gasteiger partial charge in [0.2, 0.25) is 11.8 Å². The van der Waals surface area contributed by atoms with Crippen molar-refractivity contribution in [1.82, 2.24) is 9.80 Å². The zero-order valence-corrected chi connectivity index (χ0v) is 23.3. The van der Waals surface area contributed by atoms with Crippen LogP contribution in [0.1, 0.15) is 63.1 Å². The predicted octanol–water partition coefficient (Wildman–Crippen LogP) is 7.82. The van der Waals surface area contributed by atoms with E-state index in [2.05, 4.69) is 6.58 Å². The van der Waals surface area contributed by atoms with Crippen molar-refractivity contribution in [1.29, 1.82) is 0 Å². The van der Waals surface area contributed by atoms with E-state index < -0.39 is 36.1 Å². The molecule has 38 heavy (non-hydrogen) atoms. The van der Waals surface area contributed by atoms with E-state index in [1.165, 1.54) is 0 Å². The van der Waals surface area contributed by atoms with E-state index in [1.54, 1.807) is 29.2 Å². The Labute approximate surface area is 232 Å². The van der Waals surface area contributed by atoms with E-state index in [1.807, 2.05) is 44.2 Å². The molecule has 0 aromatic heterocycles. The topological polar surface area (TPSA) is 40.6 Å². The number of piperidine rings is 1. The molecule has 2 aromatic carbocycles. The minimum Gasteiger partial charge on any atom is -0.332 e. The van der Waals surface area contributed by atoms with E-state index in [9.17, 15) is 22.8 Å². The molecule has 4 atom stereocenters. The normalized spacial score (nSPS) is 22.7. The molecule has 1 aliphatic rings. The molecule has 1 fully saturated rings. The highest BCUT2D eigenvalue weighted by Gasteiger charge is 2.51. The third-order valence-corrected chi connectivity index (χ3v) is 7.78. The number of likely N-dealkylation sites (tertiary alicyclic amines) is 1. The average molecular weight is 569 g/mol. The second-order valence-electron chi connectivity index (χ2n) is 10.2. The maximum Gasteiger partial charge on any atom is 0.406 e. The molecular weight excluding hydrogens is 536 g/mol. The van der Waals surface area contributed by atoms with Gasteiger partial charge in [-0.15, -0.1) is 6.58 Å². The van der Waals surface area contributed by atoms with Crippen molar-refractivity contribution in [3.05, 3.63) is 82.4 Å². The van der Waals surface area contributed by atoms with Crippen LogP contribution >= 0.6 is 23.2 Å². The van der Waals surface area contributed by atoms with Crippen LogP contribution in [0.25, 0.3) is 0 Å². The molecule has 0 aliphatic carbocycles. The summed E-state index contributed by atoms with van der Waals surface area (Å²) in [7, 11) is 0. The Morgan fingerprint density at radius 3 is 2.37 bits per heavy atom. The number of carbonyl (C=O) groups excluding carboxylic acids is 2. The van der Waals surface area contributed by atoms with Crippen LogP contribution in [0.15, 0.2) is 61.2 Å². The maximum atomic E-state index is 14.3. The molecule has 0 saturated carbocycles. The van der Waals surface area contributed by atoms with Crippen LogP contribution < -0.4 is 0 Å². The van der Waals surface area contributed by atoms with Gasteiger partial charge in [-0.3, -0.25) is 9.59 Å². The van der Waals surface area contributed by atoms with Gasteiger partial charge >= 0.3 is 6.18 Å². The summed E-state index contributed by atoms with van der Waals surface area (Å²) in [5.41, 5.74) is 0.867. The first kappa shape index (κ1) is 30.0. The Morgan fingerprint density at radius 1 is 1.18 bits per heavy atom. The number of hydrogen-bond donors (Lipinski definition) is 0. The number of rotatable bonds is 9. The molecule has 2 amide bonds. The third-order valence-electron chi connectivity index (χ3n) is 7.30. The summed E-state index contributed by atoms with van der Waals surface area (Å²) in [6, 6.07) is 13.4. The Morgan fingerprint density at radius 2 is 1.84 bits per heavy atom. The quantitative estimate of drug-likeness (QED) is 0.289. The van der Waals surface area contributed by atoms with Crippen LogP contribution in [0.2, 0.25) is 10.0 Å². The summed E-state index contributed by atoms with van der Waals surface area (Å²) in [6.45, 7) is 7.02. The minimum atomic E-state index is -4.56. The van der Waals surface area contributed by atoms with Crippen LogP contribution in [0, 0.1) is 5.41 Å². The lowest BCUT2D eigenvalue weighted by Crippen LogP contribution is -2.58. The molecule has 3 rings (SSSR count).